The molecule has 2 heteroatoms. The van der Waals surface area contributed by atoms with Crippen molar-refractivity contribution in [3.05, 3.63) is 34.3 Å². The van der Waals surface area contributed by atoms with Gasteiger partial charge in [-0.1, -0.05) is 73.7 Å². The second kappa shape index (κ2) is 8.19. The molecule has 0 amide bonds. The van der Waals surface area contributed by atoms with Gasteiger partial charge in [-0.05, 0) is 30.4 Å². The van der Waals surface area contributed by atoms with E-state index in [-0.39, 0.29) is 0 Å². The molecule has 0 spiro atoms. The molecule has 2 rings (SSSR count). The van der Waals surface area contributed by atoms with E-state index in [0.29, 0.717) is 12.0 Å². The Hall–Kier alpha value is -0.340. The molecule has 1 N–H and O–H groups in total. The maximum absolute atomic E-state index is 3.76. The van der Waals surface area contributed by atoms with Crippen LogP contribution in [0.5, 0.6) is 0 Å². The maximum atomic E-state index is 3.76. The predicted molar refractivity (Wildman–Crippen MR) is 91.2 cm³/mol. The maximum Gasteiger partial charge on any atom is 0.0210 e. The minimum atomic E-state index is 0.561. The van der Waals surface area contributed by atoms with Crippen LogP contribution in [0, 0.1) is 5.92 Å². The lowest BCUT2D eigenvalue weighted by molar-refractivity contribution is 0.352. The van der Waals surface area contributed by atoms with Crippen molar-refractivity contribution in [2.24, 2.45) is 5.92 Å². The van der Waals surface area contributed by atoms with Gasteiger partial charge in [-0.15, -0.1) is 0 Å². The van der Waals surface area contributed by atoms with Crippen molar-refractivity contribution in [3.63, 3.8) is 0 Å². The molecule has 1 aromatic carbocycles. The van der Waals surface area contributed by atoms with Crippen molar-refractivity contribution >= 4 is 15.9 Å². The van der Waals surface area contributed by atoms with Gasteiger partial charge in [0.05, 0.1) is 0 Å². The zero-order valence-corrected chi connectivity index (χ0v) is 14.5. The molecular weight excluding hydrogens is 310 g/mol. The van der Waals surface area contributed by atoms with Crippen molar-refractivity contribution in [1.82, 2.24) is 5.32 Å². The average molecular weight is 338 g/mol. The molecule has 112 valence electrons. The van der Waals surface area contributed by atoms with Crippen molar-refractivity contribution in [3.8, 4) is 0 Å². The van der Waals surface area contributed by atoms with Crippen LogP contribution in [-0.4, -0.2) is 12.6 Å². The van der Waals surface area contributed by atoms with Gasteiger partial charge in [0.25, 0.3) is 0 Å². The minimum absolute atomic E-state index is 0.561. The zero-order valence-electron chi connectivity index (χ0n) is 12.9. The number of halogens is 1. The fraction of sp³-hybridized carbons (Fsp3) is 0.667. The number of benzene rings is 1. The molecule has 1 aliphatic carbocycles. The molecular formula is C18H28BrN. The Morgan fingerprint density at radius 2 is 1.75 bits per heavy atom. The van der Waals surface area contributed by atoms with Gasteiger partial charge in [-0.25, -0.2) is 0 Å². The van der Waals surface area contributed by atoms with E-state index < -0.39 is 0 Å². The zero-order chi connectivity index (χ0) is 14.4. The molecule has 0 heterocycles. The van der Waals surface area contributed by atoms with E-state index in [1.54, 1.807) is 0 Å². The van der Waals surface area contributed by atoms with E-state index in [0.717, 1.165) is 12.5 Å². The molecule has 0 aromatic heterocycles. The van der Waals surface area contributed by atoms with Crippen molar-refractivity contribution in [1.29, 1.82) is 0 Å². The monoisotopic (exact) mass is 337 g/mol. The normalized spacial score (nSPS) is 19.0. The van der Waals surface area contributed by atoms with Gasteiger partial charge in [0.2, 0.25) is 0 Å². The Balaban J connectivity index is 2.16. The molecule has 0 radical (unpaired) electrons. The summed E-state index contributed by atoms with van der Waals surface area (Å²) in [5, 5.41) is 3.67. The summed E-state index contributed by atoms with van der Waals surface area (Å²) in [5.41, 5.74) is 1.49. The average Bonchev–Trinajstić information content (AvgIpc) is 2.70. The molecule has 0 bridgehead atoms. The molecule has 1 fully saturated rings. The largest absolute Gasteiger partial charge is 0.314 e. The van der Waals surface area contributed by atoms with E-state index in [1.165, 1.54) is 48.6 Å². The third kappa shape index (κ3) is 4.60. The Kier molecular flexibility index (Phi) is 6.57. The lowest BCUT2D eigenvalue weighted by atomic mass is 9.81. The van der Waals surface area contributed by atoms with Gasteiger partial charge >= 0.3 is 0 Å². The number of rotatable bonds is 5. The Morgan fingerprint density at radius 1 is 1.10 bits per heavy atom. The highest BCUT2D eigenvalue weighted by molar-refractivity contribution is 9.10. The van der Waals surface area contributed by atoms with Crippen LogP contribution in [-0.2, 0) is 0 Å². The van der Waals surface area contributed by atoms with Gasteiger partial charge in [0.1, 0.15) is 0 Å². The summed E-state index contributed by atoms with van der Waals surface area (Å²) < 4.78 is 1.28. The standard InChI is InChI=1S/C18H28BrN/c1-14(2)20-13-17(15-9-5-3-4-6-10-15)16-11-7-8-12-18(16)19/h7-8,11-12,14-15,17,20H,3-6,9-10,13H2,1-2H3. The third-order valence-electron chi connectivity index (χ3n) is 4.52. The highest BCUT2D eigenvalue weighted by atomic mass is 79.9. The van der Waals surface area contributed by atoms with Crippen LogP contribution >= 0.6 is 15.9 Å². The van der Waals surface area contributed by atoms with Gasteiger partial charge in [0.15, 0.2) is 0 Å². The first-order valence-corrected chi connectivity index (χ1v) is 8.95. The van der Waals surface area contributed by atoms with Crippen LogP contribution in [0.25, 0.3) is 0 Å². The van der Waals surface area contributed by atoms with Gasteiger partial charge in [-0.2, -0.15) is 0 Å². The van der Waals surface area contributed by atoms with Crippen LogP contribution in [0.3, 0.4) is 0 Å². The van der Waals surface area contributed by atoms with Crippen LogP contribution in [0.4, 0.5) is 0 Å². The Bertz CT molecular complexity index is 394. The molecule has 1 aliphatic rings. The van der Waals surface area contributed by atoms with E-state index >= 15 is 0 Å². The lowest BCUT2D eigenvalue weighted by Crippen LogP contribution is -2.31. The van der Waals surface area contributed by atoms with Crippen LogP contribution in [0.1, 0.15) is 63.9 Å². The molecule has 0 saturated heterocycles. The summed E-state index contributed by atoms with van der Waals surface area (Å²) in [6.07, 6.45) is 8.46. The number of hydrogen-bond acceptors (Lipinski definition) is 1. The third-order valence-corrected chi connectivity index (χ3v) is 5.24. The summed E-state index contributed by atoms with van der Waals surface area (Å²) in [6, 6.07) is 9.36. The summed E-state index contributed by atoms with van der Waals surface area (Å²) in [4.78, 5) is 0. The summed E-state index contributed by atoms with van der Waals surface area (Å²) >= 11 is 3.76. The first-order chi connectivity index (χ1) is 9.68. The van der Waals surface area contributed by atoms with Crippen molar-refractivity contribution in [2.75, 3.05) is 6.54 Å². The molecule has 1 saturated carbocycles. The molecule has 20 heavy (non-hydrogen) atoms. The second-order valence-electron chi connectivity index (χ2n) is 6.44. The first-order valence-electron chi connectivity index (χ1n) is 8.16. The van der Waals surface area contributed by atoms with Crippen molar-refractivity contribution in [2.45, 2.75) is 64.3 Å². The molecule has 1 aromatic rings. The Labute approximate surface area is 132 Å². The van der Waals surface area contributed by atoms with Crippen LogP contribution in [0.2, 0.25) is 0 Å². The van der Waals surface area contributed by atoms with Crippen LogP contribution in [0.15, 0.2) is 28.7 Å². The summed E-state index contributed by atoms with van der Waals surface area (Å²) in [6.45, 7) is 5.58. The number of hydrogen-bond donors (Lipinski definition) is 1. The van der Waals surface area contributed by atoms with Gasteiger partial charge < -0.3 is 5.32 Å². The summed E-state index contributed by atoms with van der Waals surface area (Å²) in [7, 11) is 0. The molecule has 1 nitrogen and oxygen atoms in total. The fourth-order valence-electron chi connectivity index (χ4n) is 3.38. The highest BCUT2D eigenvalue weighted by Gasteiger charge is 2.25. The van der Waals surface area contributed by atoms with E-state index in [9.17, 15) is 0 Å². The smallest absolute Gasteiger partial charge is 0.0210 e. The van der Waals surface area contributed by atoms with E-state index in [1.807, 2.05) is 0 Å². The first kappa shape index (κ1) is 16.0. The minimum Gasteiger partial charge on any atom is -0.314 e. The van der Waals surface area contributed by atoms with E-state index in [2.05, 4.69) is 59.4 Å². The SMILES string of the molecule is CC(C)NCC(c1ccccc1Br)C1CCCCCC1. The highest BCUT2D eigenvalue weighted by Crippen LogP contribution is 2.37. The van der Waals surface area contributed by atoms with Gasteiger partial charge in [-0.3, -0.25) is 0 Å². The van der Waals surface area contributed by atoms with Gasteiger partial charge in [0, 0.05) is 23.0 Å². The second-order valence-corrected chi connectivity index (χ2v) is 7.30. The predicted octanol–water partition coefficient (Wildman–Crippen LogP) is 5.50. The van der Waals surface area contributed by atoms with Crippen LogP contribution < -0.4 is 5.32 Å². The quantitative estimate of drug-likeness (QED) is 0.699. The molecule has 1 unspecified atom stereocenters. The van der Waals surface area contributed by atoms with E-state index in [4.69, 9.17) is 0 Å². The summed E-state index contributed by atoms with van der Waals surface area (Å²) in [5.74, 6) is 1.48. The number of nitrogens with one attached hydrogen (secondary N) is 1. The molecule has 1 atom stereocenters. The topological polar surface area (TPSA) is 12.0 Å². The Morgan fingerprint density at radius 3 is 2.35 bits per heavy atom. The molecule has 0 aliphatic heterocycles. The fourth-order valence-corrected chi connectivity index (χ4v) is 3.96. The lowest BCUT2D eigenvalue weighted by Gasteiger charge is -2.29. The van der Waals surface area contributed by atoms with Crippen molar-refractivity contribution < 1.29 is 0 Å².